The number of likely N-dealkylation sites (N-methyl/N-ethyl adjacent to an activating group) is 1. The maximum atomic E-state index is 13.3. The molecule has 37 heavy (non-hydrogen) atoms. The van der Waals surface area contributed by atoms with E-state index in [9.17, 15) is 14.7 Å². The second kappa shape index (κ2) is 13.1. The third-order valence-corrected chi connectivity index (χ3v) is 6.50. The molecule has 1 amide bonds. The highest BCUT2D eigenvalue weighted by molar-refractivity contribution is 6.46. The number of ether oxygens (including phenoxy) is 3. The smallest absolute Gasteiger partial charge is 0.295 e. The number of carbonyl (C=O) groups excluding carboxylic acids is 2. The molecule has 1 aliphatic rings. The van der Waals surface area contributed by atoms with Gasteiger partial charge in [0.15, 0.2) is 11.5 Å². The van der Waals surface area contributed by atoms with Gasteiger partial charge in [-0.15, -0.1) is 0 Å². The quantitative estimate of drug-likeness (QED) is 0.238. The number of nitrogens with zero attached hydrogens (tertiary/aromatic N) is 2. The van der Waals surface area contributed by atoms with Crippen molar-refractivity contribution in [2.45, 2.75) is 40.2 Å². The zero-order valence-electron chi connectivity index (χ0n) is 22.5. The molecule has 8 heteroatoms. The number of carbonyl (C=O) groups is 2. The third kappa shape index (κ3) is 6.25. The molecule has 1 N–H and O–H groups in total. The van der Waals surface area contributed by atoms with E-state index in [2.05, 4.69) is 18.7 Å². The average Bonchev–Trinajstić information content (AvgIpc) is 3.17. The van der Waals surface area contributed by atoms with Crippen LogP contribution in [-0.4, -0.2) is 73.1 Å². The molecule has 0 spiro atoms. The highest BCUT2D eigenvalue weighted by Gasteiger charge is 2.46. The van der Waals surface area contributed by atoms with Crippen LogP contribution < -0.4 is 14.2 Å². The minimum atomic E-state index is -0.767. The maximum Gasteiger partial charge on any atom is 0.295 e. The van der Waals surface area contributed by atoms with Gasteiger partial charge in [0, 0.05) is 18.7 Å². The van der Waals surface area contributed by atoms with Crippen molar-refractivity contribution in [2.75, 3.05) is 46.5 Å². The Hall–Kier alpha value is -3.52. The molecular weight excluding hydrogens is 472 g/mol. The van der Waals surface area contributed by atoms with Gasteiger partial charge < -0.3 is 29.1 Å². The lowest BCUT2D eigenvalue weighted by molar-refractivity contribution is -0.140. The fourth-order valence-electron chi connectivity index (χ4n) is 4.44. The topological polar surface area (TPSA) is 88.5 Å². The first kappa shape index (κ1) is 28.1. The minimum Gasteiger partial charge on any atom is -0.507 e. The second-order valence-corrected chi connectivity index (χ2v) is 8.74. The summed E-state index contributed by atoms with van der Waals surface area (Å²) in [5, 5.41) is 11.3. The van der Waals surface area contributed by atoms with Gasteiger partial charge in [-0.1, -0.05) is 26.8 Å². The van der Waals surface area contributed by atoms with Crippen LogP contribution in [0.25, 0.3) is 5.76 Å². The number of rotatable bonds is 13. The maximum absolute atomic E-state index is 13.3. The Morgan fingerprint density at radius 3 is 2.27 bits per heavy atom. The van der Waals surface area contributed by atoms with Gasteiger partial charge in [0.2, 0.25) is 0 Å². The average molecular weight is 511 g/mol. The first-order chi connectivity index (χ1) is 17.9. The summed E-state index contributed by atoms with van der Waals surface area (Å²) in [7, 11) is 1.56. The molecule has 2 aromatic rings. The van der Waals surface area contributed by atoms with E-state index >= 15 is 0 Å². The zero-order chi connectivity index (χ0) is 26.9. The molecule has 1 unspecified atom stereocenters. The van der Waals surface area contributed by atoms with Crippen molar-refractivity contribution in [2.24, 2.45) is 0 Å². The molecule has 8 nitrogen and oxygen atoms in total. The molecule has 1 heterocycles. The number of aliphatic hydroxyl groups is 1. The van der Waals surface area contributed by atoms with Gasteiger partial charge in [0.25, 0.3) is 11.7 Å². The molecule has 0 radical (unpaired) electrons. The molecule has 0 aliphatic carbocycles. The molecule has 200 valence electrons. The summed E-state index contributed by atoms with van der Waals surface area (Å²) in [6, 6.07) is 11.4. The summed E-state index contributed by atoms with van der Waals surface area (Å²) in [5.74, 6) is 0.200. The Morgan fingerprint density at radius 1 is 0.973 bits per heavy atom. The van der Waals surface area contributed by atoms with E-state index in [1.807, 2.05) is 19.9 Å². The Labute approximate surface area is 219 Å². The second-order valence-electron chi connectivity index (χ2n) is 8.74. The highest BCUT2D eigenvalue weighted by atomic mass is 16.5. The van der Waals surface area contributed by atoms with E-state index in [0.29, 0.717) is 54.7 Å². The van der Waals surface area contributed by atoms with Gasteiger partial charge in [-0.25, -0.2) is 0 Å². The van der Waals surface area contributed by atoms with Crippen molar-refractivity contribution in [1.82, 2.24) is 9.80 Å². The van der Waals surface area contributed by atoms with Crippen LogP contribution in [0.1, 0.15) is 51.3 Å². The Balaban J connectivity index is 2.13. The van der Waals surface area contributed by atoms with Crippen molar-refractivity contribution < 1.29 is 28.9 Å². The van der Waals surface area contributed by atoms with Gasteiger partial charge in [0.1, 0.15) is 11.5 Å². The van der Waals surface area contributed by atoms with Crippen LogP contribution in [0.2, 0.25) is 0 Å². The summed E-state index contributed by atoms with van der Waals surface area (Å²) < 4.78 is 16.9. The monoisotopic (exact) mass is 510 g/mol. The third-order valence-electron chi connectivity index (χ3n) is 6.50. The number of amides is 1. The molecule has 1 saturated heterocycles. The molecule has 3 rings (SSSR count). The lowest BCUT2D eigenvalue weighted by atomic mass is 9.95. The summed E-state index contributed by atoms with van der Waals surface area (Å²) in [6.07, 6.45) is 0.848. The van der Waals surface area contributed by atoms with Crippen LogP contribution in [0.3, 0.4) is 0 Å². The molecule has 1 atom stereocenters. The summed E-state index contributed by atoms with van der Waals surface area (Å²) >= 11 is 0. The predicted molar refractivity (Wildman–Crippen MR) is 143 cm³/mol. The number of hydrogen-bond acceptors (Lipinski definition) is 7. The van der Waals surface area contributed by atoms with Crippen molar-refractivity contribution in [3.05, 3.63) is 59.2 Å². The Kier molecular flexibility index (Phi) is 9.97. The number of likely N-dealkylation sites (tertiary alicyclic amines) is 1. The lowest BCUT2D eigenvalue weighted by Gasteiger charge is -2.28. The summed E-state index contributed by atoms with van der Waals surface area (Å²) in [6.45, 7) is 11.6. The molecular formula is C29H38N2O6. The summed E-state index contributed by atoms with van der Waals surface area (Å²) in [4.78, 5) is 30.4. The lowest BCUT2D eigenvalue weighted by Crippen LogP contribution is -2.38. The number of benzene rings is 2. The SMILES string of the molecule is CCCOc1ccc(C2C(=C(O)c3ccc(OC)cc3)C(=O)C(=O)N2CCN(CC)CC)cc1OCC. The van der Waals surface area contributed by atoms with Crippen molar-refractivity contribution in [3.8, 4) is 17.2 Å². The number of hydrogen-bond donors (Lipinski definition) is 1. The molecule has 0 bridgehead atoms. The van der Waals surface area contributed by atoms with Crippen LogP contribution in [0, 0.1) is 0 Å². The molecule has 1 aliphatic heterocycles. The van der Waals surface area contributed by atoms with E-state index in [0.717, 1.165) is 19.5 Å². The van der Waals surface area contributed by atoms with Gasteiger partial charge in [-0.3, -0.25) is 9.59 Å². The van der Waals surface area contributed by atoms with E-state index in [1.54, 1.807) is 48.4 Å². The van der Waals surface area contributed by atoms with Crippen LogP contribution in [0.5, 0.6) is 17.2 Å². The van der Waals surface area contributed by atoms with Gasteiger partial charge in [0.05, 0.1) is 31.9 Å². The van der Waals surface area contributed by atoms with Crippen molar-refractivity contribution in [1.29, 1.82) is 0 Å². The first-order valence-electron chi connectivity index (χ1n) is 12.9. The largest absolute Gasteiger partial charge is 0.507 e. The summed E-state index contributed by atoms with van der Waals surface area (Å²) in [5.41, 5.74) is 1.15. The molecule has 1 fully saturated rings. The molecule has 2 aromatic carbocycles. The van der Waals surface area contributed by atoms with E-state index < -0.39 is 17.7 Å². The van der Waals surface area contributed by atoms with Crippen LogP contribution >= 0.6 is 0 Å². The van der Waals surface area contributed by atoms with E-state index in [-0.39, 0.29) is 11.3 Å². The van der Waals surface area contributed by atoms with Gasteiger partial charge in [-0.05, 0) is 68.4 Å². The standard InChI is InChI=1S/C29H38N2O6/c1-6-18-37-23-15-12-21(19-24(23)36-9-4)26-25(27(32)20-10-13-22(35-5)14-11-20)28(33)29(34)31(26)17-16-30(7-2)8-3/h10-15,19,26,32H,6-9,16-18H2,1-5H3. The molecule has 0 aromatic heterocycles. The van der Waals surface area contributed by atoms with Gasteiger partial charge in [-0.2, -0.15) is 0 Å². The van der Waals surface area contributed by atoms with Crippen molar-refractivity contribution in [3.63, 3.8) is 0 Å². The minimum absolute atomic E-state index is 0.0550. The molecule has 0 saturated carbocycles. The fourth-order valence-corrected chi connectivity index (χ4v) is 4.44. The Bertz CT molecular complexity index is 1110. The number of aliphatic hydroxyl groups excluding tert-OH is 1. The van der Waals surface area contributed by atoms with E-state index in [1.165, 1.54) is 0 Å². The predicted octanol–water partition coefficient (Wildman–Crippen LogP) is 4.65. The number of ketones is 1. The van der Waals surface area contributed by atoms with Crippen molar-refractivity contribution >= 4 is 17.4 Å². The Morgan fingerprint density at radius 2 is 1.68 bits per heavy atom. The normalized spacial score (nSPS) is 16.9. The fraction of sp³-hybridized carbons (Fsp3) is 0.448. The highest BCUT2D eigenvalue weighted by Crippen LogP contribution is 2.42. The zero-order valence-corrected chi connectivity index (χ0v) is 22.5. The van der Waals surface area contributed by atoms with E-state index in [4.69, 9.17) is 14.2 Å². The van der Waals surface area contributed by atoms with Gasteiger partial charge >= 0.3 is 0 Å². The van der Waals surface area contributed by atoms with Crippen LogP contribution in [-0.2, 0) is 9.59 Å². The van der Waals surface area contributed by atoms with Crippen LogP contribution in [0.15, 0.2) is 48.0 Å². The van der Waals surface area contributed by atoms with Crippen LogP contribution in [0.4, 0.5) is 0 Å². The first-order valence-corrected chi connectivity index (χ1v) is 12.9. The number of Topliss-reactive ketones (excluding diaryl/α,β-unsaturated/α-hetero) is 1. The number of methoxy groups -OCH3 is 1.